The van der Waals surface area contributed by atoms with Crippen LogP contribution in [0.25, 0.3) is 0 Å². The van der Waals surface area contributed by atoms with Crippen LogP contribution in [0.3, 0.4) is 0 Å². The van der Waals surface area contributed by atoms with E-state index in [0.717, 1.165) is 45.0 Å². The van der Waals surface area contributed by atoms with Crippen LogP contribution in [0.1, 0.15) is 26.3 Å². The maximum Gasteiger partial charge on any atom is 0.221 e. The smallest absolute Gasteiger partial charge is 0.221 e. The zero-order chi connectivity index (χ0) is 16.7. The molecule has 23 heavy (non-hydrogen) atoms. The van der Waals surface area contributed by atoms with Crippen molar-refractivity contribution in [3.63, 3.8) is 0 Å². The minimum absolute atomic E-state index is 0.0451. The van der Waals surface area contributed by atoms with E-state index in [1.54, 1.807) is 0 Å². The van der Waals surface area contributed by atoms with Crippen molar-refractivity contribution in [3.05, 3.63) is 29.8 Å². The van der Waals surface area contributed by atoms with Gasteiger partial charge in [-0.25, -0.2) is 0 Å². The van der Waals surface area contributed by atoms with Gasteiger partial charge >= 0.3 is 0 Å². The topological polar surface area (TPSA) is 53.6 Å². The second-order valence-electron chi connectivity index (χ2n) is 6.66. The third kappa shape index (κ3) is 6.69. The first-order valence-corrected chi connectivity index (χ1v) is 8.44. The first-order valence-electron chi connectivity index (χ1n) is 8.44. The number of hydrogen-bond donors (Lipinski definition) is 2. The lowest BCUT2D eigenvalue weighted by atomic mass is 10.1. The van der Waals surface area contributed by atoms with Crippen LogP contribution in [0.4, 0.5) is 5.69 Å². The molecule has 0 saturated carbocycles. The molecule has 0 unspecified atom stereocenters. The Morgan fingerprint density at radius 3 is 2.74 bits per heavy atom. The van der Waals surface area contributed by atoms with Gasteiger partial charge in [-0.2, -0.15) is 0 Å². The summed E-state index contributed by atoms with van der Waals surface area (Å²) in [7, 11) is 0. The third-order valence-corrected chi connectivity index (χ3v) is 3.82. The second-order valence-corrected chi connectivity index (χ2v) is 6.66. The molecule has 1 amide bonds. The molecule has 1 aromatic rings. The SMILES string of the molecule is CC(=O)Nc1ccc(CNC[C@@H]2CN(CC(C)C)CCO2)cc1. The Morgan fingerprint density at radius 1 is 1.35 bits per heavy atom. The van der Waals surface area contributed by atoms with Crippen LogP contribution in [-0.4, -0.2) is 49.7 Å². The summed E-state index contributed by atoms with van der Waals surface area (Å²) in [5.74, 6) is 0.653. The predicted octanol–water partition coefficient (Wildman–Crippen LogP) is 2.09. The Labute approximate surface area is 139 Å². The number of rotatable bonds is 7. The molecule has 0 radical (unpaired) electrons. The first kappa shape index (κ1) is 17.9. The van der Waals surface area contributed by atoms with Crippen molar-refractivity contribution < 1.29 is 9.53 Å². The zero-order valence-corrected chi connectivity index (χ0v) is 14.5. The highest BCUT2D eigenvalue weighted by Crippen LogP contribution is 2.10. The Bertz CT molecular complexity index is 488. The number of benzene rings is 1. The van der Waals surface area contributed by atoms with E-state index in [2.05, 4.69) is 29.4 Å². The number of nitrogens with zero attached hydrogens (tertiary/aromatic N) is 1. The summed E-state index contributed by atoms with van der Waals surface area (Å²) in [5.41, 5.74) is 2.04. The highest BCUT2D eigenvalue weighted by atomic mass is 16.5. The minimum atomic E-state index is -0.0451. The van der Waals surface area contributed by atoms with E-state index in [1.807, 2.05) is 24.3 Å². The summed E-state index contributed by atoms with van der Waals surface area (Å²) >= 11 is 0. The van der Waals surface area contributed by atoms with E-state index < -0.39 is 0 Å². The van der Waals surface area contributed by atoms with Crippen molar-refractivity contribution in [1.29, 1.82) is 0 Å². The molecule has 1 heterocycles. The molecule has 1 saturated heterocycles. The van der Waals surface area contributed by atoms with Gasteiger partial charge < -0.3 is 15.4 Å². The minimum Gasteiger partial charge on any atom is -0.374 e. The second kappa shape index (κ2) is 9.01. The molecule has 1 aliphatic rings. The quantitative estimate of drug-likeness (QED) is 0.808. The number of carbonyl (C=O) groups excluding carboxylic acids is 1. The molecule has 128 valence electrons. The number of morpholine rings is 1. The Balaban J connectivity index is 1.71. The van der Waals surface area contributed by atoms with Crippen LogP contribution in [0, 0.1) is 5.92 Å². The number of amides is 1. The zero-order valence-electron chi connectivity index (χ0n) is 14.5. The predicted molar refractivity (Wildman–Crippen MR) is 93.5 cm³/mol. The van der Waals surface area contributed by atoms with Crippen molar-refractivity contribution in [2.24, 2.45) is 5.92 Å². The van der Waals surface area contributed by atoms with Crippen LogP contribution in [0.2, 0.25) is 0 Å². The highest BCUT2D eigenvalue weighted by Gasteiger charge is 2.20. The number of carbonyl (C=O) groups is 1. The van der Waals surface area contributed by atoms with Gasteiger partial charge in [-0.05, 0) is 23.6 Å². The average molecular weight is 319 g/mol. The number of nitrogens with one attached hydrogen (secondary N) is 2. The summed E-state index contributed by atoms with van der Waals surface area (Å²) in [6.07, 6.45) is 0.265. The fourth-order valence-electron chi connectivity index (χ4n) is 2.87. The van der Waals surface area contributed by atoms with E-state index >= 15 is 0 Å². The Hall–Kier alpha value is -1.43. The summed E-state index contributed by atoms with van der Waals surface area (Å²) in [4.78, 5) is 13.5. The lowest BCUT2D eigenvalue weighted by Gasteiger charge is -2.34. The molecule has 1 atom stereocenters. The molecule has 5 heteroatoms. The Kier molecular flexibility index (Phi) is 7.02. The van der Waals surface area contributed by atoms with Crippen LogP contribution >= 0.6 is 0 Å². The molecule has 0 bridgehead atoms. The van der Waals surface area contributed by atoms with Crippen molar-refractivity contribution in [3.8, 4) is 0 Å². The van der Waals surface area contributed by atoms with E-state index in [9.17, 15) is 4.79 Å². The largest absolute Gasteiger partial charge is 0.374 e. The molecule has 5 nitrogen and oxygen atoms in total. The lowest BCUT2D eigenvalue weighted by Crippen LogP contribution is -2.47. The average Bonchev–Trinajstić information content (AvgIpc) is 2.48. The van der Waals surface area contributed by atoms with Gasteiger partial charge in [0.05, 0.1) is 12.7 Å². The fraction of sp³-hybridized carbons (Fsp3) is 0.611. The normalized spacial score (nSPS) is 19.0. The first-order chi connectivity index (χ1) is 11.0. The van der Waals surface area contributed by atoms with Gasteiger partial charge in [-0.3, -0.25) is 9.69 Å². The van der Waals surface area contributed by atoms with Crippen molar-refractivity contribution in [2.45, 2.75) is 33.4 Å². The summed E-state index contributed by atoms with van der Waals surface area (Å²) in [5, 5.41) is 6.24. The van der Waals surface area contributed by atoms with Gasteiger partial charge in [0.2, 0.25) is 5.91 Å². The van der Waals surface area contributed by atoms with E-state index in [0.29, 0.717) is 5.92 Å². The number of ether oxygens (including phenoxy) is 1. The molecule has 1 aliphatic heterocycles. The van der Waals surface area contributed by atoms with Gasteiger partial charge in [0.15, 0.2) is 0 Å². The van der Waals surface area contributed by atoms with Gasteiger partial charge in [0.25, 0.3) is 0 Å². The van der Waals surface area contributed by atoms with Gasteiger partial charge in [-0.1, -0.05) is 26.0 Å². The molecule has 0 aromatic heterocycles. The maximum absolute atomic E-state index is 11.0. The lowest BCUT2D eigenvalue weighted by molar-refractivity contribution is -0.114. The third-order valence-electron chi connectivity index (χ3n) is 3.82. The standard InChI is InChI=1S/C18H29N3O2/c1-14(2)12-21-8-9-23-18(13-21)11-19-10-16-4-6-17(7-5-16)20-15(3)22/h4-7,14,18-19H,8-13H2,1-3H3,(H,20,22)/t18-/m1/s1. The molecule has 2 N–H and O–H groups in total. The van der Waals surface area contributed by atoms with Crippen molar-refractivity contribution >= 4 is 11.6 Å². The van der Waals surface area contributed by atoms with Crippen LogP contribution in [-0.2, 0) is 16.1 Å². The maximum atomic E-state index is 11.0. The van der Waals surface area contributed by atoms with Gasteiger partial charge in [0.1, 0.15) is 0 Å². The molecule has 1 fully saturated rings. The Morgan fingerprint density at radius 2 is 2.09 bits per heavy atom. The molecule has 0 spiro atoms. The number of anilines is 1. The van der Waals surface area contributed by atoms with E-state index in [4.69, 9.17) is 4.74 Å². The summed E-state index contributed by atoms with van der Waals surface area (Å²) < 4.78 is 5.84. The van der Waals surface area contributed by atoms with E-state index in [1.165, 1.54) is 12.5 Å². The highest BCUT2D eigenvalue weighted by molar-refractivity contribution is 5.88. The van der Waals surface area contributed by atoms with Crippen LogP contribution in [0.5, 0.6) is 0 Å². The monoisotopic (exact) mass is 319 g/mol. The molecule has 2 rings (SSSR count). The fourth-order valence-corrected chi connectivity index (χ4v) is 2.87. The van der Waals surface area contributed by atoms with Gasteiger partial charge in [-0.15, -0.1) is 0 Å². The molecule has 1 aromatic carbocycles. The molecular weight excluding hydrogens is 290 g/mol. The van der Waals surface area contributed by atoms with Crippen molar-refractivity contribution in [1.82, 2.24) is 10.2 Å². The van der Waals surface area contributed by atoms with Crippen LogP contribution in [0.15, 0.2) is 24.3 Å². The summed E-state index contributed by atoms with van der Waals surface area (Å²) in [6.45, 7) is 11.7. The van der Waals surface area contributed by atoms with Crippen LogP contribution < -0.4 is 10.6 Å². The molecular formula is C18H29N3O2. The van der Waals surface area contributed by atoms with Crippen molar-refractivity contribution in [2.75, 3.05) is 38.1 Å². The molecule has 0 aliphatic carbocycles. The van der Waals surface area contributed by atoms with E-state index in [-0.39, 0.29) is 12.0 Å². The van der Waals surface area contributed by atoms with Gasteiger partial charge in [0, 0.05) is 45.3 Å². The number of hydrogen-bond acceptors (Lipinski definition) is 4. The summed E-state index contributed by atoms with van der Waals surface area (Å²) in [6, 6.07) is 7.93.